The summed E-state index contributed by atoms with van der Waals surface area (Å²) in [5.74, 6) is 0.291. The fourth-order valence-electron chi connectivity index (χ4n) is 3.47. The number of nitrogens with one attached hydrogen (secondary N) is 1. The van der Waals surface area contributed by atoms with Crippen LogP contribution in [-0.2, 0) is 4.74 Å². The average Bonchev–Trinajstić information content (AvgIpc) is 3.05. The predicted molar refractivity (Wildman–Crippen MR) is 99.2 cm³/mol. The number of carbonyl (C=O) groups is 2. The number of fused-ring (bicyclic) bond motifs is 1. The van der Waals surface area contributed by atoms with E-state index in [0.29, 0.717) is 31.0 Å². The lowest BCUT2D eigenvalue weighted by atomic mass is 9.91. The third kappa shape index (κ3) is 4.00. The van der Waals surface area contributed by atoms with Gasteiger partial charge in [0, 0.05) is 24.5 Å². The summed E-state index contributed by atoms with van der Waals surface area (Å²) in [7, 11) is 0. The Labute approximate surface area is 153 Å². The lowest BCUT2D eigenvalue weighted by Gasteiger charge is -2.35. The summed E-state index contributed by atoms with van der Waals surface area (Å²) >= 11 is 0. The van der Waals surface area contributed by atoms with Crippen molar-refractivity contribution in [1.82, 2.24) is 10.2 Å². The van der Waals surface area contributed by atoms with E-state index < -0.39 is 0 Å². The Morgan fingerprint density at radius 3 is 2.96 bits per heavy atom. The number of carbonyl (C=O) groups excluding carboxylic acids is 2. The van der Waals surface area contributed by atoms with Crippen molar-refractivity contribution in [2.75, 3.05) is 19.7 Å². The normalized spacial score (nSPS) is 18.6. The van der Waals surface area contributed by atoms with Gasteiger partial charge in [0.2, 0.25) is 0 Å². The zero-order valence-corrected chi connectivity index (χ0v) is 15.6. The summed E-state index contributed by atoms with van der Waals surface area (Å²) in [6.45, 7) is 7.46. The molecule has 1 N–H and O–H groups in total. The Morgan fingerprint density at radius 1 is 1.38 bits per heavy atom. The van der Waals surface area contributed by atoms with E-state index in [1.165, 1.54) is 0 Å². The zero-order valence-electron chi connectivity index (χ0n) is 15.6. The fraction of sp³-hybridized carbons (Fsp3) is 0.500. The molecule has 1 fully saturated rings. The Morgan fingerprint density at radius 2 is 2.19 bits per heavy atom. The smallest absolute Gasteiger partial charge is 0.409 e. The van der Waals surface area contributed by atoms with Crippen LogP contribution in [-0.4, -0.2) is 42.6 Å². The van der Waals surface area contributed by atoms with Crippen molar-refractivity contribution in [2.45, 2.75) is 39.7 Å². The van der Waals surface area contributed by atoms with E-state index in [1.807, 2.05) is 32.0 Å². The minimum atomic E-state index is -0.275. The molecule has 26 heavy (non-hydrogen) atoms. The molecule has 0 aliphatic carbocycles. The highest BCUT2D eigenvalue weighted by Gasteiger charge is 2.29. The van der Waals surface area contributed by atoms with E-state index in [-0.39, 0.29) is 24.0 Å². The van der Waals surface area contributed by atoms with Crippen LogP contribution in [0.15, 0.2) is 28.7 Å². The molecule has 3 rings (SSSR count). The lowest BCUT2D eigenvalue weighted by molar-refractivity contribution is 0.0779. The van der Waals surface area contributed by atoms with Gasteiger partial charge < -0.3 is 19.4 Å². The number of nitrogens with zero attached hydrogens (tertiary/aromatic N) is 1. The van der Waals surface area contributed by atoms with Gasteiger partial charge >= 0.3 is 6.09 Å². The molecular weight excluding hydrogens is 332 g/mol. The maximum absolute atomic E-state index is 12.6. The van der Waals surface area contributed by atoms with Gasteiger partial charge in [0.1, 0.15) is 5.58 Å². The summed E-state index contributed by atoms with van der Waals surface area (Å²) < 4.78 is 10.8. The van der Waals surface area contributed by atoms with E-state index in [4.69, 9.17) is 9.15 Å². The number of hydrogen-bond acceptors (Lipinski definition) is 4. The van der Waals surface area contributed by atoms with Gasteiger partial charge in [-0.2, -0.15) is 0 Å². The number of ether oxygens (including phenoxy) is 1. The molecule has 6 heteroatoms. The molecule has 1 aromatic carbocycles. The standard InChI is InChI=1S/C20H26N2O4/c1-4-25-20(24)22-9-5-6-15(12-22)14(3)21-19(23)18-11-16-10-13(2)7-8-17(16)26-18/h7-8,10-11,14-15H,4-6,9,12H2,1-3H3,(H,21,23)/t14-,15+/m0/s1. The van der Waals surface area contributed by atoms with Crippen molar-refractivity contribution in [1.29, 1.82) is 0 Å². The Hall–Kier alpha value is -2.50. The molecule has 0 unspecified atom stereocenters. The third-order valence-electron chi connectivity index (χ3n) is 4.95. The molecule has 2 atom stereocenters. The SMILES string of the molecule is CCOC(=O)N1CCC[C@@H]([C@H](C)NC(=O)c2cc3cc(C)ccc3o2)C1. The first-order valence-electron chi connectivity index (χ1n) is 9.20. The van der Waals surface area contributed by atoms with Crippen molar-refractivity contribution in [2.24, 2.45) is 5.92 Å². The van der Waals surface area contributed by atoms with E-state index >= 15 is 0 Å². The van der Waals surface area contributed by atoms with Crippen LogP contribution >= 0.6 is 0 Å². The number of likely N-dealkylation sites (tertiary alicyclic amines) is 1. The minimum absolute atomic E-state index is 0.0605. The number of aryl methyl sites for hydroxylation is 1. The molecular formula is C20H26N2O4. The second-order valence-corrected chi connectivity index (χ2v) is 6.96. The van der Waals surface area contributed by atoms with Crippen LogP contribution < -0.4 is 5.32 Å². The quantitative estimate of drug-likeness (QED) is 0.904. The first kappa shape index (κ1) is 18.3. The van der Waals surface area contributed by atoms with Crippen LogP contribution in [0.4, 0.5) is 4.79 Å². The van der Waals surface area contributed by atoms with Gasteiger partial charge in [0.05, 0.1) is 6.61 Å². The van der Waals surface area contributed by atoms with E-state index in [9.17, 15) is 9.59 Å². The third-order valence-corrected chi connectivity index (χ3v) is 4.95. The maximum Gasteiger partial charge on any atom is 0.409 e. The van der Waals surface area contributed by atoms with Crippen molar-refractivity contribution >= 4 is 23.0 Å². The lowest BCUT2D eigenvalue weighted by Crippen LogP contribution is -2.48. The summed E-state index contributed by atoms with van der Waals surface area (Å²) in [5.41, 5.74) is 1.83. The summed E-state index contributed by atoms with van der Waals surface area (Å²) in [4.78, 5) is 26.2. The Balaban J connectivity index is 1.63. The number of piperidine rings is 1. The zero-order chi connectivity index (χ0) is 18.7. The van der Waals surface area contributed by atoms with Crippen molar-refractivity contribution < 1.29 is 18.7 Å². The number of hydrogen-bond donors (Lipinski definition) is 1. The summed E-state index contributed by atoms with van der Waals surface area (Å²) in [6.07, 6.45) is 1.60. The highest BCUT2D eigenvalue weighted by Crippen LogP contribution is 2.23. The molecule has 6 nitrogen and oxygen atoms in total. The molecule has 1 saturated heterocycles. The van der Waals surface area contributed by atoms with Gasteiger partial charge in [0.25, 0.3) is 5.91 Å². The Bertz CT molecular complexity index is 798. The number of amides is 2. The summed E-state index contributed by atoms with van der Waals surface area (Å²) in [5, 5.41) is 3.95. The number of furan rings is 1. The monoisotopic (exact) mass is 358 g/mol. The Kier molecular flexibility index (Phi) is 5.49. The second kappa shape index (κ2) is 7.81. The molecule has 140 valence electrons. The van der Waals surface area contributed by atoms with Gasteiger partial charge in [-0.1, -0.05) is 11.6 Å². The molecule has 0 saturated carbocycles. The van der Waals surface area contributed by atoms with Crippen molar-refractivity contribution in [3.05, 3.63) is 35.6 Å². The first-order chi connectivity index (χ1) is 12.5. The van der Waals surface area contributed by atoms with Crippen LogP contribution in [0.2, 0.25) is 0 Å². The van der Waals surface area contributed by atoms with Crippen molar-refractivity contribution in [3.8, 4) is 0 Å². The number of rotatable bonds is 4. The van der Waals surface area contributed by atoms with Gasteiger partial charge in [0.15, 0.2) is 5.76 Å². The highest BCUT2D eigenvalue weighted by atomic mass is 16.6. The molecule has 0 radical (unpaired) electrons. The molecule has 2 aromatic rings. The fourth-order valence-corrected chi connectivity index (χ4v) is 3.47. The van der Waals surface area contributed by atoms with Crippen LogP contribution in [0.25, 0.3) is 11.0 Å². The molecule has 0 bridgehead atoms. The maximum atomic E-state index is 12.6. The number of benzene rings is 1. The van der Waals surface area contributed by atoms with Gasteiger partial charge in [-0.25, -0.2) is 4.79 Å². The topological polar surface area (TPSA) is 71.8 Å². The average molecular weight is 358 g/mol. The molecule has 2 amide bonds. The molecule has 1 aliphatic rings. The molecule has 1 aliphatic heterocycles. The van der Waals surface area contributed by atoms with E-state index in [2.05, 4.69) is 5.32 Å². The van der Waals surface area contributed by atoms with Crippen LogP contribution in [0.3, 0.4) is 0 Å². The van der Waals surface area contributed by atoms with E-state index in [0.717, 1.165) is 23.8 Å². The van der Waals surface area contributed by atoms with E-state index in [1.54, 1.807) is 17.9 Å². The van der Waals surface area contributed by atoms with Crippen LogP contribution in [0.5, 0.6) is 0 Å². The predicted octanol–water partition coefficient (Wildman–Crippen LogP) is 3.73. The largest absolute Gasteiger partial charge is 0.451 e. The van der Waals surface area contributed by atoms with Gasteiger partial charge in [-0.15, -0.1) is 0 Å². The molecule has 2 heterocycles. The highest BCUT2D eigenvalue weighted by molar-refractivity contribution is 5.96. The molecule has 0 spiro atoms. The van der Waals surface area contributed by atoms with Crippen molar-refractivity contribution in [3.63, 3.8) is 0 Å². The summed E-state index contributed by atoms with van der Waals surface area (Å²) in [6, 6.07) is 7.55. The minimum Gasteiger partial charge on any atom is -0.451 e. The first-order valence-corrected chi connectivity index (χ1v) is 9.20. The van der Waals surface area contributed by atoms with Crippen LogP contribution in [0, 0.1) is 12.8 Å². The van der Waals surface area contributed by atoms with Gasteiger partial charge in [-0.3, -0.25) is 4.79 Å². The van der Waals surface area contributed by atoms with Gasteiger partial charge in [-0.05, 0) is 57.7 Å². The second-order valence-electron chi connectivity index (χ2n) is 6.96. The van der Waals surface area contributed by atoms with Crippen LogP contribution in [0.1, 0.15) is 42.8 Å². The molecule has 1 aromatic heterocycles.